The largest absolute Gasteiger partial charge is 0.456 e. The van der Waals surface area contributed by atoms with Crippen molar-refractivity contribution < 1.29 is 23.2 Å². The molecule has 0 aliphatic rings. The van der Waals surface area contributed by atoms with Gasteiger partial charge in [-0.2, -0.15) is 4.98 Å². The summed E-state index contributed by atoms with van der Waals surface area (Å²) in [6.45, 7) is 11.2. The Kier molecular flexibility index (Phi) is 7.12. The molecule has 0 atom stereocenters. The van der Waals surface area contributed by atoms with Crippen molar-refractivity contribution in [1.82, 2.24) is 10.1 Å². The Balaban J connectivity index is 1.76. The molecule has 1 heterocycles. The summed E-state index contributed by atoms with van der Waals surface area (Å²) < 4.78 is 24.8. The van der Waals surface area contributed by atoms with E-state index in [0.717, 1.165) is 6.07 Å². The number of ether oxygens (including phenoxy) is 1. The lowest BCUT2D eigenvalue weighted by atomic mass is 9.92. The Hall–Kier alpha value is -3.26. The first-order valence-corrected chi connectivity index (χ1v) is 11.1. The number of carbonyl (C=O) groups excluding carboxylic acids is 2. The van der Waals surface area contributed by atoms with E-state index in [2.05, 4.69) is 36.2 Å². The van der Waals surface area contributed by atoms with Gasteiger partial charge in [0.25, 0.3) is 5.91 Å². The van der Waals surface area contributed by atoms with E-state index in [1.165, 1.54) is 6.07 Å². The monoisotopic (exact) mass is 487 g/mol. The standard InChI is InChI=1S/C25H27ClFN3O4/c1-24(2,3)13-18-29-21(30-34-18)14-7-9-15(10-8-14)22(31)28-17-12-11-16(27)19(20(17)26)23(32)33-25(4,5)6/h7-12H,13H2,1-6H3,(H,28,31). The fraction of sp³-hybridized carbons (Fsp3) is 0.360. The Morgan fingerprint density at radius 1 is 1.06 bits per heavy atom. The number of aromatic nitrogens is 2. The highest BCUT2D eigenvalue weighted by Gasteiger charge is 2.25. The van der Waals surface area contributed by atoms with Crippen LogP contribution < -0.4 is 5.32 Å². The van der Waals surface area contributed by atoms with Crippen LogP contribution in [0.5, 0.6) is 0 Å². The predicted molar refractivity (Wildman–Crippen MR) is 127 cm³/mol. The lowest BCUT2D eigenvalue weighted by Crippen LogP contribution is -2.25. The number of nitrogens with zero attached hydrogens (tertiary/aromatic N) is 2. The molecule has 3 aromatic rings. The summed E-state index contributed by atoms with van der Waals surface area (Å²) >= 11 is 6.24. The first-order valence-electron chi connectivity index (χ1n) is 10.7. The number of esters is 1. The van der Waals surface area contributed by atoms with Crippen molar-refractivity contribution >= 4 is 29.2 Å². The fourth-order valence-corrected chi connectivity index (χ4v) is 3.31. The van der Waals surface area contributed by atoms with E-state index >= 15 is 0 Å². The zero-order chi connectivity index (χ0) is 25.3. The van der Waals surface area contributed by atoms with Gasteiger partial charge in [0.2, 0.25) is 11.7 Å². The zero-order valence-corrected chi connectivity index (χ0v) is 20.7. The number of carbonyl (C=O) groups is 2. The second kappa shape index (κ2) is 9.54. The van der Waals surface area contributed by atoms with Gasteiger partial charge in [0.1, 0.15) is 17.0 Å². The van der Waals surface area contributed by atoms with Crippen LogP contribution in [-0.2, 0) is 11.2 Å². The van der Waals surface area contributed by atoms with E-state index in [9.17, 15) is 14.0 Å². The molecule has 0 radical (unpaired) electrons. The molecule has 3 rings (SSSR count). The van der Waals surface area contributed by atoms with Gasteiger partial charge in [-0.05, 0) is 50.5 Å². The lowest BCUT2D eigenvalue weighted by molar-refractivity contribution is 0.00648. The van der Waals surface area contributed by atoms with E-state index < -0.39 is 28.9 Å². The van der Waals surface area contributed by atoms with E-state index in [-0.39, 0.29) is 16.1 Å². The van der Waals surface area contributed by atoms with Gasteiger partial charge in [-0.15, -0.1) is 0 Å². The van der Waals surface area contributed by atoms with Crippen LogP contribution in [0.2, 0.25) is 5.02 Å². The first-order chi connectivity index (χ1) is 15.7. The van der Waals surface area contributed by atoms with Crippen molar-refractivity contribution in [2.45, 2.75) is 53.6 Å². The molecular formula is C25H27ClFN3O4. The molecule has 1 amide bonds. The highest BCUT2D eigenvalue weighted by atomic mass is 35.5. The Morgan fingerprint density at radius 2 is 1.71 bits per heavy atom. The maximum absolute atomic E-state index is 14.3. The molecule has 2 aromatic carbocycles. The minimum atomic E-state index is -0.915. The molecule has 0 aliphatic carbocycles. The maximum Gasteiger partial charge on any atom is 0.343 e. The van der Waals surface area contributed by atoms with Crippen molar-refractivity contribution in [3.05, 3.63) is 64.3 Å². The quantitative estimate of drug-likeness (QED) is 0.423. The van der Waals surface area contributed by atoms with Gasteiger partial charge in [-0.3, -0.25) is 4.79 Å². The Morgan fingerprint density at radius 3 is 2.29 bits per heavy atom. The number of rotatable bonds is 5. The number of anilines is 1. The molecule has 0 spiro atoms. The Bertz CT molecular complexity index is 1210. The zero-order valence-electron chi connectivity index (χ0n) is 20.0. The number of hydrogen-bond acceptors (Lipinski definition) is 6. The van der Waals surface area contributed by atoms with Gasteiger partial charge in [-0.25, -0.2) is 9.18 Å². The fourth-order valence-electron chi connectivity index (χ4n) is 3.03. The van der Waals surface area contributed by atoms with Crippen molar-refractivity contribution in [3.63, 3.8) is 0 Å². The summed E-state index contributed by atoms with van der Waals surface area (Å²) in [5.74, 6) is -1.28. The summed E-state index contributed by atoms with van der Waals surface area (Å²) in [5, 5.41) is 6.37. The molecule has 0 unspecified atom stereocenters. The summed E-state index contributed by atoms with van der Waals surface area (Å²) in [5.41, 5.74) is -0.165. The number of amides is 1. The van der Waals surface area contributed by atoms with Gasteiger partial charge in [0.15, 0.2) is 0 Å². The SMILES string of the molecule is CC(C)(C)Cc1nc(-c2ccc(C(=O)Nc3ccc(F)c(C(=O)OC(C)(C)C)c3Cl)cc2)no1. The normalized spacial score (nSPS) is 11.9. The van der Waals surface area contributed by atoms with Crippen LogP contribution in [0.15, 0.2) is 40.9 Å². The van der Waals surface area contributed by atoms with Crippen LogP contribution in [0.4, 0.5) is 10.1 Å². The smallest absolute Gasteiger partial charge is 0.343 e. The second-order valence-electron chi connectivity index (χ2n) is 10.1. The molecule has 0 fully saturated rings. The summed E-state index contributed by atoms with van der Waals surface area (Å²) in [4.78, 5) is 29.5. The van der Waals surface area contributed by atoms with Crippen LogP contribution in [0, 0.1) is 11.2 Å². The number of benzene rings is 2. The number of hydrogen-bond donors (Lipinski definition) is 1. The van der Waals surface area contributed by atoms with Crippen molar-refractivity contribution in [3.8, 4) is 11.4 Å². The minimum absolute atomic E-state index is 0.0106. The molecule has 0 saturated carbocycles. The molecule has 1 N–H and O–H groups in total. The molecule has 180 valence electrons. The third kappa shape index (κ3) is 6.41. The van der Waals surface area contributed by atoms with Crippen LogP contribution in [-0.4, -0.2) is 27.6 Å². The predicted octanol–water partition coefficient (Wildman–Crippen LogP) is 6.33. The van der Waals surface area contributed by atoms with Gasteiger partial charge in [0.05, 0.1) is 10.7 Å². The minimum Gasteiger partial charge on any atom is -0.456 e. The van der Waals surface area contributed by atoms with Crippen LogP contribution >= 0.6 is 11.6 Å². The maximum atomic E-state index is 14.3. The van der Waals surface area contributed by atoms with Crippen LogP contribution in [0.3, 0.4) is 0 Å². The number of nitrogens with one attached hydrogen (secondary N) is 1. The third-order valence-electron chi connectivity index (χ3n) is 4.50. The van der Waals surface area contributed by atoms with Crippen molar-refractivity contribution in [2.24, 2.45) is 5.41 Å². The van der Waals surface area contributed by atoms with Crippen LogP contribution in [0.1, 0.15) is 68.1 Å². The molecule has 1 aromatic heterocycles. The average molecular weight is 488 g/mol. The van der Waals surface area contributed by atoms with Gasteiger partial charge in [-0.1, -0.05) is 49.7 Å². The lowest BCUT2D eigenvalue weighted by Gasteiger charge is -2.20. The van der Waals surface area contributed by atoms with E-state index in [0.29, 0.717) is 29.3 Å². The van der Waals surface area contributed by atoms with Gasteiger partial charge < -0.3 is 14.6 Å². The topological polar surface area (TPSA) is 94.3 Å². The van der Waals surface area contributed by atoms with Crippen molar-refractivity contribution in [1.29, 1.82) is 0 Å². The molecule has 0 aliphatic heterocycles. The molecule has 7 nitrogen and oxygen atoms in total. The first kappa shape index (κ1) is 25.4. The van der Waals surface area contributed by atoms with Gasteiger partial charge in [0, 0.05) is 17.5 Å². The average Bonchev–Trinajstić information content (AvgIpc) is 3.15. The Labute approximate surface area is 202 Å². The highest BCUT2D eigenvalue weighted by Crippen LogP contribution is 2.30. The highest BCUT2D eigenvalue weighted by molar-refractivity contribution is 6.36. The van der Waals surface area contributed by atoms with E-state index in [4.69, 9.17) is 20.9 Å². The van der Waals surface area contributed by atoms with E-state index in [1.807, 2.05) is 0 Å². The molecule has 0 bridgehead atoms. The van der Waals surface area contributed by atoms with Crippen molar-refractivity contribution in [2.75, 3.05) is 5.32 Å². The van der Waals surface area contributed by atoms with E-state index in [1.54, 1.807) is 45.0 Å². The molecule has 9 heteroatoms. The number of halogens is 2. The third-order valence-corrected chi connectivity index (χ3v) is 4.89. The summed E-state index contributed by atoms with van der Waals surface area (Å²) in [7, 11) is 0. The van der Waals surface area contributed by atoms with Crippen LogP contribution in [0.25, 0.3) is 11.4 Å². The molecular weight excluding hydrogens is 461 g/mol. The molecule has 0 saturated heterocycles. The van der Waals surface area contributed by atoms with Gasteiger partial charge >= 0.3 is 5.97 Å². The summed E-state index contributed by atoms with van der Waals surface area (Å²) in [6.07, 6.45) is 0.643. The second-order valence-corrected chi connectivity index (χ2v) is 10.4. The molecule has 34 heavy (non-hydrogen) atoms. The summed E-state index contributed by atoms with van der Waals surface area (Å²) in [6, 6.07) is 8.91.